The van der Waals surface area contributed by atoms with Gasteiger partial charge in [-0.2, -0.15) is 0 Å². The standard InChI is InChI=1S/C16H21N3O2/c1-2-5-14-18-12-6-3-4-7-13(12)19(14)10-16(17,15(20)21)11-8-9-11/h3-4,6-7,11H,2,5,8-10,17H2,1H3,(H,20,21). The predicted molar refractivity (Wildman–Crippen MR) is 81.0 cm³/mol. The van der Waals surface area contributed by atoms with E-state index in [0.29, 0.717) is 6.54 Å². The number of imidazole rings is 1. The van der Waals surface area contributed by atoms with E-state index in [-0.39, 0.29) is 5.92 Å². The van der Waals surface area contributed by atoms with Crippen molar-refractivity contribution in [2.75, 3.05) is 0 Å². The van der Waals surface area contributed by atoms with Crippen LogP contribution in [0, 0.1) is 5.92 Å². The molecule has 1 unspecified atom stereocenters. The lowest BCUT2D eigenvalue weighted by Gasteiger charge is -2.26. The smallest absolute Gasteiger partial charge is 0.325 e. The number of rotatable bonds is 6. The lowest BCUT2D eigenvalue weighted by molar-refractivity contribution is -0.144. The van der Waals surface area contributed by atoms with Gasteiger partial charge >= 0.3 is 5.97 Å². The van der Waals surface area contributed by atoms with Gasteiger partial charge in [0, 0.05) is 6.42 Å². The van der Waals surface area contributed by atoms with Gasteiger partial charge < -0.3 is 15.4 Å². The van der Waals surface area contributed by atoms with Crippen LogP contribution >= 0.6 is 0 Å². The molecule has 0 spiro atoms. The van der Waals surface area contributed by atoms with Gasteiger partial charge in [-0.05, 0) is 37.3 Å². The number of nitrogens with zero attached hydrogens (tertiary/aromatic N) is 2. The molecule has 1 aliphatic carbocycles. The van der Waals surface area contributed by atoms with E-state index in [1.807, 2.05) is 28.8 Å². The minimum Gasteiger partial charge on any atom is -0.480 e. The van der Waals surface area contributed by atoms with Crippen LogP contribution in [-0.4, -0.2) is 26.2 Å². The van der Waals surface area contributed by atoms with Crippen LogP contribution in [-0.2, 0) is 17.8 Å². The van der Waals surface area contributed by atoms with Crippen LogP contribution in [0.4, 0.5) is 0 Å². The first-order valence-electron chi connectivity index (χ1n) is 7.52. The van der Waals surface area contributed by atoms with Crippen molar-refractivity contribution >= 4 is 17.0 Å². The first kappa shape index (κ1) is 14.1. The minimum atomic E-state index is -1.19. The Morgan fingerprint density at radius 1 is 1.48 bits per heavy atom. The van der Waals surface area contributed by atoms with Crippen LogP contribution in [0.2, 0.25) is 0 Å². The van der Waals surface area contributed by atoms with Crippen molar-refractivity contribution in [3.05, 3.63) is 30.1 Å². The number of fused-ring (bicyclic) bond motifs is 1. The summed E-state index contributed by atoms with van der Waals surface area (Å²) in [6.45, 7) is 2.39. The number of benzene rings is 1. The summed E-state index contributed by atoms with van der Waals surface area (Å²) in [7, 11) is 0. The van der Waals surface area contributed by atoms with Crippen molar-refractivity contribution in [3.63, 3.8) is 0 Å². The number of hydrogen-bond acceptors (Lipinski definition) is 3. The largest absolute Gasteiger partial charge is 0.480 e. The third kappa shape index (κ3) is 2.42. The SMILES string of the molecule is CCCc1nc2ccccc2n1CC(N)(C(=O)O)C1CC1. The summed E-state index contributed by atoms with van der Waals surface area (Å²) in [4.78, 5) is 16.3. The maximum atomic E-state index is 11.7. The number of aromatic nitrogens is 2. The number of nitrogens with two attached hydrogens (primary N) is 1. The fourth-order valence-electron chi connectivity index (χ4n) is 2.95. The first-order chi connectivity index (χ1) is 10.1. The van der Waals surface area contributed by atoms with E-state index < -0.39 is 11.5 Å². The van der Waals surface area contributed by atoms with Gasteiger partial charge in [0.05, 0.1) is 17.6 Å². The monoisotopic (exact) mass is 287 g/mol. The highest BCUT2D eigenvalue weighted by atomic mass is 16.4. The quantitative estimate of drug-likeness (QED) is 0.853. The maximum Gasteiger partial charge on any atom is 0.325 e. The molecule has 1 fully saturated rings. The van der Waals surface area contributed by atoms with Crippen molar-refractivity contribution in [3.8, 4) is 0 Å². The molecule has 1 aromatic carbocycles. The van der Waals surface area contributed by atoms with E-state index in [0.717, 1.165) is 42.5 Å². The Kier molecular flexibility index (Phi) is 3.45. The van der Waals surface area contributed by atoms with Gasteiger partial charge in [0.25, 0.3) is 0 Å². The van der Waals surface area contributed by atoms with Gasteiger partial charge in [0.1, 0.15) is 11.4 Å². The number of aryl methyl sites for hydroxylation is 1. The number of aliphatic carboxylic acids is 1. The van der Waals surface area contributed by atoms with Gasteiger partial charge in [-0.15, -0.1) is 0 Å². The third-order valence-corrected chi connectivity index (χ3v) is 4.33. The first-order valence-corrected chi connectivity index (χ1v) is 7.52. The molecule has 1 heterocycles. The van der Waals surface area contributed by atoms with Gasteiger partial charge in [-0.3, -0.25) is 4.79 Å². The number of carboxylic acid groups (broad SMARTS) is 1. The van der Waals surface area contributed by atoms with Gasteiger partial charge in [-0.1, -0.05) is 19.1 Å². The zero-order valence-electron chi connectivity index (χ0n) is 12.2. The van der Waals surface area contributed by atoms with Crippen molar-refractivity contribution < 1.29 is 9.90 Å². The lowest BCUT2D eigenvalue weighted by Crippen LogP contribution is -2.53. The molecule has 3 rings (SSSR count). The molecule has 1 saturated carbocycles. The number of hydrogen-bond donors (Lipinski definition) is 2. The Bertz CT molecular complexity index is 675. The van der Waals surface area contributed by atoms with E-state index in [9.17, 15) is 9.90 Å². The molecular formula is C16H21N3O2. The Balaban J connectivity index is 2.05. The van der Waals surface area contributed by atoms with Crippen LogP contribution in [0.1, 0.15) is 32.0 Å². The number of para-hydroxylation sites is 2. The normalized spacial score (nSPS) is 17.8. The second-order valence-corrected chi connectivity index (χ2v) is 5.97. The molecular weight excluding hydrogens is 266 g/mol. The summed E-state index contributed by atoms with van der Waals surface area (Å²) in [5.41, 5.74) is 6.93. The molecule has 21 heavy (non-hydrogen) atoms. The lowest BCUT2D eigenvalue weighted by atomic mass is 9.94. The summed E-state index contributed by atoms with van der Waals surface area (Å²) in [5, 5.41) is 9.58. The third-order valence-electron chi connectivity index (χ3n) is 4.33. The predicted octanol–water partition coefficient (Wildman–Crippen LogP) is 2.18. The van der Waals surface area contributed by atoms with Crippen LogP contribution in [0.3, 0.4) is 0 Å². The highest BCUT2D eigenvalue weighted by Gasteiger charge is 2.49. The zero-order valence-corrected chi connectivity index (χ0v) is 12.2. The Hall–Kier alpha value is -1.88. The molecule has 5 heteroatoms. The summed E-state index contributed by atoms with van der Waals surface area (Å²) >= 11 is 0. The van der Waals surface area contributed by atoms with Crippen molar-refractivity contribution in [1.82, 2.24) is 9.55 Å². The van der Waals surface area contributed by atoms with E-state index in [1.54, 1.807) is 0 Å². The summed E-state index contributed by atoms with van der Waals surface area (Å²) in [6, 6.07) is 7.84. The number of carboxylic acids is 1. The molecule has 0 radical (unpaired) electrons. The van der Waals surface area contributed by atoms with Crippen molar-refractivity contribution in [1.29, 1.82) is 0 Å². The van der Waals surface area contributed by atoms with Crippen molar-refractivity contribution in [2.24, 2.45) is 11.7 Å². The molecule has 0 amide bonds. The minimum absolute atomic E-state index is 0.0747. The second kappa shape index (κ2) is 5.15. The van der Waals surface area contributed by atoms with E-state index >= 15 is 0 Å². The Labute approximate surface area is 123 Å². The van der Waals surface area contributed by atoms with E-state index in [4.69, 9.17) is 5.73 Å². The summed E-state index contributed by atoms with van der Waals surface area (Å²) < 4.78 is 2.01. The molecule has 1 atom stereocenters. The van der Waals surface area contributed by atoms with Crippen LogP contribution in [0.5, 0.6) is 0 Å². The van der Waals surface area contributed by atoms with Crippen LogP contribution in [0.15, 0.2) is 24.3 Å². The summed E-state index contributed by atoms with van der Waals surface area (Å²) in [6.07, 6.45) is 3.60. The second-order valence-electron chi connectivity index (χ2n) is 5.97. The van der Waals surface area contributed by atoms with Gasteiger partial charge in [0.2, 0.25) is 0 Å². The molecule has 0 aliphatic heterocycles. The van der Waals surface area contributed by atoms with Gasteiger partial charge in [0.15, 0.2) is 0 Å². The molecule has 0 saturated heterocycles. The molecule has 1 aliphatic rings. The van der Waals surface area contributed by atoms with Crippen LogP contribution < -0.4 is 5.73 Å². The highest BCUT2D eigenvalue weighted by Crippen LogP contribution is 2.40. The average Bonchev–Trinajstić information content (AvgIpc) is 3.25. The fourth-order valence-corrected chi connectivity index (χ4v) is 2.95. The molecule has 2 aromatic rings. The molecule has 3 N–H and O–H groups in total. The molecule has 1 aromatic heterocycles. The van der Waals surface area contributed by atoms with Crippen molar-refractivity contribution in [2.45, 2.75) is 44.7 Å². The maximum absolute atomic E-state index is 11.7. The number of carbonyl (C=O) groups is 1. The van der Waals surface area contributed by atoms with Crippen LogP contribution in [0.25, 0.3) is 11.0 Å². The van der Waals surface area contributed by atoms with E-state index in [2.05, 4.69) is 11.9 Å². The fraction of sp³-hybridized carbons (Fsp3) is 0.500. The Morgan fingerprint density at radius 2 is 2.19 bits per heavy atom. The van der Waals surface area contributed by atoms with E-state index in [1.165, 1.54) is 0 Å². The Morgan fingerprint density at radius 3 is 2.81 bits per heavy atom. The summed E-state index contributed by atoms with van der Waals surface area (Å²) in [5.74, 6) is 0.0892. The average molecular weight is 287 g/mol. The highest BCUT2D eigenvalue weighted by molar-refractivity contribution is 5.81. The molecule has 5 nitrogen and oxygen atoms in total. The van der Waals surface area contributed by atoms with Gasteiger partial charge in [-0.25, -0.2) is 4.98 Å². The molecule has 0 bridgehead atoms. The topological polar surface area (TPSA) is 81.1 Å². The molecule has 112 valence electrons. The zero-order chi connectivity index (χ0) is 15.0.